The van der Waals surface area contributed by atoms with Crippen molar-refractivity contribution in [2.75, 3.05) is 27.4 Å². The minimum absolute atomic E-state index is 0.364. The van der Waals surface area contributed by atoms with E-state index in [0.717, 1.165) is 85.1 Å². The summed E-state index contributed by atoms with van der Waals surface area (Å²) in [5.74, 6) is 1.94. The number of aryl methyl sites for hydroxylation is 1. The zero-order chi connectivity index (χ0) is 30.5. The molecule has 5 rings (SSSR count). The summed E-state index contributed by atoms with van der Waals surface area (Å²) >= 11 is 0. The maximum absolute atomic E-state index is 11.3. The summed E-state index contributed by atoms with van der Waals surface area (Å²) in [5, 5.41) is 1.08. The van der Waals surface area contributed by atoms with E-state index in [0.29, 0.717) is 18.1 Å². The first-order valence-electron chi connectivity index (χ1n) is 15.1. The van der Waals surface area contributed by atoms with E-state index in [9.17, 15) is 4.79 Å². The first-order chi connectivity index (χ1) is 20.1. The van der Waals surface area contributed by atoms with Crippen molar-refractivity contribution in [2.24, 2.45) is 11.1 Å². The number of ketones is 1. The van der Waals surface area contributed by atoms with Crippen molar-refractivity contribution >= 4 is 23.5 Å². The highest BCUT2D eigenvalue weighted by Crippen LogP contribution is 2.53. The van der Waals surface area contributed by atoms with Gasteiger partial charge in [-0.25, -0.2) is 9.97 Å². The first-order valence-corrected chi connectivity index (χ1v) is 15.1. The van der Waals surface area contributed by atoms with E-state index in [1.807, 2.05) is 58.0 Å². The maximum Gasteiger partial charge on any atom is 0.223 e. The van der Waals surface area contributed by atoms with Crippen LogP contribution in [0.2, 0.25) is 0 Å². The minimum atomic E-state index is 0.364. The Balaban J connectivity index is 0.000000496. The van der Waals surface area contributed by atoms with Crippen LogP contribution in [0.5, 0.6) is 5.88 Å². The maximum atomic E-state index is 11.3. The summed E-state index contributed by atoms with van der Waals surface area (Å²) in [6, 6.07) is 10.1. The molecule has 2 aliphatic rings. The Bertz CT molecular complexity index is 1120. The van der Waals surface area contributed by atoms with Gasteiger partial charge in [-0.2, -0.15) is 0 Å². The summed E-state index contributed by atoms with van der Waals surface area (Å²) in [4.78, 5) is 31.8. The third-order valence-electron chi connectivity index (χ3n) is 7.33. The van der Waals surface area contributed by atoms with Gasteiger partial charge in [0.1, 0.15) is 18.4 Å². The van der Waals surface area contributed by atoms with Crippen LogP contribution in [-0.2, 0) is 20.7 Å². The number of nitrogens with two attached hydrogens (primary N) is 1. The number of ether oxygens (including phenoxy) is 2. The first kappa shape index (κ1) is 35.9. The van der Waals surface area contributed by atoms with Gasteiger partial charge in [0, 0.05) is 37.9 Å². The molecule has 1 saturated carbocycles. The molecule has 3 aromatic rings. The fourth-order valence-corrected chi connectivity index (χ4v) is 4.70. The van der Waals surface area contributed by atoms with E-state index in [4.69, 9.17) is 14.3 Å². The number of unbranched alkanes of at least 4 members (excludes halogenated alkanes) is 3. The van der Waals surface area contributed by atoms with E-state index < -0.39 is 0 Å². The third-order valence-corrected chi connectivity index (χ3v) is 7.33. The molecule has 3 heterocycles. The van der Waals surface area contributed by atoms with Gasteiger partial charge in [-0.05, 0) is 63.1 Å². The Morgan fingerprint density at radius 2 is 1.71 bits per heavy atom. The fourth-order valence-electron chi connectivity index (χ4n) is 4.70. The Hall–Kier alpha value is -3.10. The number of para-hydroxylation sites is 1. The molecular formula is C33H52N4O4. The Labute approximate surface area is 246 Å². The van der Waals surface area contributed by atoms with Crippen LogP contribution in [0.1, 0.15) is 90.8 Å². The molecule has 0 bridgehead atoms. The molecule has 1 aliphatic carbocycles. The van der Waals surface area contributed by atoms with Crippen LogP contribution >= 0.6 is 0 Å². The molecule has 41 heavy (non-hydrogen) atoms. The summed E-state index contributed by atoms with van der Waals surface area (Å²) in [6.07, 6.45) is 14.1. The summed E-state index contributed by atoms with van der Waals surface area (Å²) in [6.45, 7) is 9.98. The van der Waals surface area contributed by atoms with Gasteiger partial charge in [0.05, 0.1) is 30.1 Å². The second-order valence-electron chi connectivity index (χ2n) is 9.90. The van der Waals surface area contributed by atoms with E-state index in [1.165, 1.54) is 32.7 Å². The van der Waals surface area contributed by atoms with E-state index in [1.54, 1.807) is 7.11 Å². The monoisotopic (exact) mass is 568 g/mol. The molecule has 1 aromatic carbocycles. The van der Waals surface area contributed by atoms with Crippen LogP contribution in [0.25, 0.3) is 22.2 Å². The largest absolute Gasteiger partial charge is 0.480 e. The standard InChI is InChI=1S/C22H27N3O2.C7H12O.C2H6.CH5N.CH2O/c1-3-17(26)11-6-4-5-7-13-21-23-15-20(24-21)18-14-16-10-8-9-12-19(16)25-22(18)27-2;1-2-7(1)3-5-8-6-4-7;3*1-2/h8-10,12,14-15H,3-7,11,13H2,1-2H3,(H,23,24);1-6H2;1-2H3;2H2,1H3;1H2. The lowest BCUT2D eigenvalue weighted by Gasteiger charge is -2.20. The average molecular weight is 569 g/mol. The molecule has 8 nitrogen and oxygen atoms in total. The van der Waals surface area contributed by atoms with Gasteiger partial charge in [0.25, 0.3) is 0 Å². The van der Waals surface area contributed by atoms with Crippen molar-refractivity contribution in [3.8, 4) is 17.1 Å². The lowest BCUT2D eigenvalue weighted by atomic mass is 9.97. The van der Waals surface area contributed by atoms with Crippen molar-refractivity contribution < 1.29 is 19.1 Å². The smallest absolute Gasteiger partial charge is 0.223 e. The van der Waals surface area contributed by atoms with Crippen LogP contribution < -0.4 is 10.5 Å². The lowest BCUT2D eigenvalue weighted by molar-refractivity contribution is -0.118. The number of pyridine rings is 1. The van der Waals surface area contributed by atoms with Gasteiger partial charge in [-0.1, -0.05) is 51.8 Å². The predicted octanol–water partition coefficient (Wildman–Crippen LogP) is 7.10. The number of rotatable bonds is 10. The number of carbonyl (C=O) groups is 2. The number of fused-ring (bicyclic) bond motifs is 1. The highest BCUT2D eigenvalue weighted by atomic mass is 16.5. The summed E-state index contributed by atoms with van der Waals surface area (Å²) < 4.78 is 10.7. The Kier molecular flexibility index (Phi) is 18.2. The van der Waals surface area contributed by atoms with Crippen molar-refractivity contribution in [3.63, 3.8) is 0 Å². The molecule has 0 radical (unpaired) electrons. The molecule has 0 unspecified atom stereocenters. The number of hydrogen-bond acceptors (Lipinski definition) is 7. The molecule has 1 saturated heterocycles. The minimum Gasteiger partial charge on any atom is -0.480 e. The molecule has 0 atom stereocenters. The summed E-state index contributed by atoms with van der Waals surface area (Å²) in [5.41, 5.74) is 8.07. The number of carbonyl (C=O) groups excluding carboxylic acids is 2. The number of Topliss-reactive ketones (excluding diaryl/α,β-unsaturated/α-hetero) is 1. The van der Waals surface area contributed by atoms with Crippen molar-refractivity contribution in [1.82, 2.24) is 15.0 Å². The molecule has 2 aromatic heterocycles. The van der Waals surface area contributed by atoms with Gasteiger partial charge >= 0.3 is 0 Å². The van der Waals surface area contributed by atoms with Gasteiger partial charge in [-0.15, -0.1) is 0 Å². The van der Waals surface area contributed by atoms with Gasteiger partial charge in [-0.3, -0.25) is 4.79 Å². The zero-order valence-electron chi connectivity index (χ0n) is 26.0. The Morgan fingerprint density at radius 3 is 2.32 bits per heavy atom. The molecule has 3 N–H and O–H groups in total. The second-order valence-corrected chi connectivity index (χ2v) is 9.90. The van der Waals surface area contributed by atoms with Crippen LogP contribution in [0.4, 0.5) is 0 Å². The van der Waals surface area contributed by atoms with Crippen LogP contribution in [0.15, 0.2) is 36.5 Å². The number of H-pyrrole nitrogens is 1. The number of benzene rings is 1. The molecule has 2 fully saturated rings. The predicted molar refractivity (Wildman–Crippen MR) is 168 cm³/mol. The molecule has 228 valence electrons. The van der Waals surface area contributed by atoms with Gasteiger partial charge in [0.2, 0.25) is 5.88 Å². The molecular weight excluding hydrogens is 516 g/mol. The van der Waals surface area contributed by atoms with Crippen molar-refractivity contribution in [2.45, 2.75) is 91.4 Å². The lowest BCUT2D eigenvalue weighted by Crippen LogP contribution is -2.15. The summed E-state index contributed by atoms with van der Waals surface area (Å²) in [7, 11) is 3.14. The van der Waals surface area contributed by atoms with E-state index in [-0.39, 0.29) is 0 Å². The molecule has 0 amide bonds. The van der Waals surface area contributed by atoms with Crippen LogP contribution in [-0.4, -0.2) is 54.9 Å². The molecule has 8 heteroatoms. The second kappa shape index (κ2) is 20.7. The number of aromatic nitrogens is 3. The zero-order valence-corrected chi connectivity index (χ0v) is 26.0. The number of imidazole rings is 1. The third kappa shape index (κ3) is 12.1. The highest BCUT2D eigenvalue weighted by molar-refractivity contribution is 5.85. The number of nitrogens with one attached hydrogen (secondary N) is 1. The topological polar surface area (TPSA) is 120 Å². The fraction of sp³-hybridized carbons (Fsp3) is 0.576. The SMILES string of the molecule is C1CC2(CCO1)CC2.C=O.CC.CCC(=O)CCCCCCc1ncc(-c2cc3ccccc3nc2OC)[nH]1.CN. The van der Waals surface area contributed by atoms with E-state index in [2.05, 4.69) is 26.8 Å². The van der Waals surface area contributed by atoms with Crippen molar-refractivity contribution in [1.29, 1.82) is 0 Å². The van der Waals surface area contributed by atoms with E-state index >= 15 is 0 Å². The van der Waals surface area contributed by atoms with Crippen LogP contribution in [0, 0.1) is 5.41 Å². The normalized spacial score (nSPS) is 14.1. The van der Waals surface area contributed by atoms with Gasteiger partial charge in [0.15, 0.2) is 0 Å². The Morgan fingerprint density at radius 1 is 1.05 bits per heavy atom. The van der Waals surface area contributed by atoms with Crippen molar-refractivity contribution in [3.05, 3.63) is 42.4 Å². The molecule has 1 spiro atoms. The average Bonchev–Trinajstić information content (AvgIpc) is 3.62. The highest BCUT2D eigenvalue weighted by Gasteiger charge is 2.43. The number of aromatic amines is 1. The quantitative estimate of drug-likeness (QED) is 0.250. The van der Waals surface area contributed by atoms with Gasteiger partial charge < -0.3 is 25.0 Å². The van der Waals surface area contributed by atoms with Crippen LogP contribution in [0.3, 0.4) is 0 Å². The number of hydrogen-bond donors (Lipinski definition) is 2. The number of nitrogens with zero attached hydrogens (tertiary/aromatic N) is 2. The number of methoxy groups -OCH3 is 1. The molecule has 1 aliphatic heterocycles.